The molecule has 0 saturated heterocycles. The van der Waals surface area contributed by atoms with Gasteiger partial charge in [0.1, 0.15) is 0 Å². The summed E-state index contributed by atoms with van der Waals surface area (Å²) in [6.45, 7) is 5.97. The van der Waals surface area contributed by atoms with Crippen LogP contribution in [0.3, 0.4) is 0 Å². The number of hydrogen-bond acceptors (Lipinski definition) is 2. The standard InChI is InChI=1S/C12H16BrNO/c1-8(2)9-5-10(7-11(13)6-9)12(14)3-4-15/h5-7,12,15H,1,3-4,14H2,2H3. The maximum Gasteiger partial charge on any atom is 0.0449 e. The zero-order chi connectivity index (χ0) is 11.4. The SMILES string of the molecule is C=C(C)c1cc(Br)cc(C(N)CCO)c1. The van der Waals surface area contributed by atoms with Gasteiger partial charge in [-0.2, -0.15) is 0 Å². The van der Waals surface area contributed by atoms with E-state index >= 15 is 0 Å². The van der Waals surface area contributed by atoms with Crippen LogP contribution in [0, 0.1) is 0 Å². The summed E-state index contributed by atoms with van der Waals surface area (Å²) in [4.78, 5) is 0. The number of aliphatic hydroxyl groups is 1. The molecule has 1 aromatic rings. The van der Waals surface area contributed by atoms with Crippen molar-refractivity contribution in [3.05, 3.63) is 40.4 Å². The number of rotatable bonds is 4. The number of hydrogen-bond donors (Lipinski definition) is 2. The van der Waals surface area contributed by atoms with Crippen LogP contribution in [0.2, 0.25) is 0 Å². The van der Waals surface area contributed by atoms with Crippen LogP contribution in [-0.2, 0) is 0 Å². The second kappa shape index (κ2) is 5.45. The highest BCUT2D eigenvalue weighted by Crippen LogP contribution is 2.24. The Labute approximate surface area is 98.9 Å². The Bertz CT molecular complexity index is 363. The maximum absolute atomic E-state index is 8.84. The van der Waals surface area contributed by atoms with Crippen molar-refractivity contribution in [2.75, 3.05) is 6.61 Å². The summed E-state index contributed by atoms with van der Waals surface area (Å²) in [6, 6.07) is 5.89. The Balaban J connectivity index is 3.03. The zero-order valence-corrected chi connectivity index (χ0v) is 10.4. The predicted molar refractivity (Wildman–Crippen MR) is 67.5 cm³/mol. The first-order valence-electron chi connectivity index (χ1n) is 4.87. The summed E-state index contributed by atoms with van der Waals surface area (Å²) in [5.74, 6) is 0. The van der Waals surface area contributed by atoms with Crippen molar-refractivity contribution in [3.8, 4) is 0 Å². The lowest BCUT2D eigenvalue weighted by Gasteiger charge is -2.13. The Hall–Kier alpha value is -0.640. The molecule has 3 heteroatoms. The van der Waals surface area contributed by atoms with Crippen molar-refractivity contribution in [1.82, 2.24) is 0 Å². The third-order valence-electron chi connectivity index (χ3n) is 2.28. The largest absolute Gasteiger partial charge is 0.396 e. The van der Waals surface area contributed by atoms with Gasteiger partial charge in [-0.3, -0.25) is 0 Å². The van der Waals surface area contributed by atoms with Crippen molar-refractivity contribution >= 4 is 21.5 Å². The second-order valence-electron chi connectivity index (χ2n) is 3.67. The first-order valence-corrected chi connectivity index (χ1v) is 5.66. The van der Waals surface area contributed by atoms with Crippen LogP contribution in [0.5, 0.6) is 0 Å². The van der Waals surface area contributed by atoms with Crippen LogP contribution in [0.4, 0.5) is 0 Å². The number of halogens is 1. The van der Waals surface area contributed by atoms with E-state index in [1.54, 1.807) is 0 Å². The molecule has 0 heterocycles. The van der Waals surface area contributed by atoms with E-state index in [1.807, 2.05) is 25.1 Å². The highest BCUT2D eigenvalue weighted by Gasteiger charge is 2.07. The zero-order valence-electron chi connectivity index (χ0n) is 8.83. The van der Waals surface area contributed by atoms with E-state index in [0.29, 0.717) is 6.42 Å². The molecule has 0 spiro atoms. The number of allylic oxidation sites excluding steroid dienone is 1. The van der Waals surface area contributed by atoms with Gasteiger partial charge in [0, 0.05) is 17.1 Å². The first-order chi connectivity index (χ1) is 7.04. The van der Waals surface area contributed by atoms with Crippen molar-refractivity contribution in [2.45, 2.75) is 19.4 Å². The third-order valence-corrected chi connectivity index (χ3v) is 2.74. The molecule has 0 radical (unpaired) electrons. The van der Waals surface area contributed by atoms with E-state index in [1.165, 1.54) is 0 Å². The van der Waals surface area contributed by atoms with Crippen molar-refractivity contribution in [3.63, 3.8) is 0 Å². The molecule has 0 bridgehead atoms. The molecule has 1 unspecified atom stereocenters. The van der Waals surface area contributed by atoms with Gasteiger partial charge in [0.15, 0.2) is 0 Å². The molecule has 0 aromatic heterocycles. The van der Waals surface area contributed by atoms with Gasteiger partial charge in [-0.25, -0.2) is 0 Å². The smallest absolute Gasteiger partial charge is 0.0449 e. The molecular formula is C12H16BrNO. The highest BCUT2D eigenvalue weighted by atomic mass is 79.9. The summed E-state index contributed by atoms with van der Waals surface area (Å²) < 4.78 is 0.992. The topological polar surface area (TPSA) is 46.2 Å². The molecule has 0 aliphatic carbocycles. The third kappa shape index (κ3) is 3.45. The van der Waals surface area contributed by atoms with Gasteiger partial charge >= 0.3 is 0 Å². The Morgan fingerprint density at radius 1 is 1.53 bits per heavy atom. The molecule has 0 amide bonds. The maximum atomic E-state index is 8.84. The summed E-state index contributed by atoms with van der Waals surface area (Å²) >= 11 is 3.44. The molecule has 3 N–H and O–H groups in total. The lowest BCUT2D eigenvalue weighted by atomic mass is 10.00. The van der Waals surface area contributed by atoms with Gasteiger partial charge in [-0.1, -0.05) is 28.1 Å². The van der Waals surface area contributed by atoms with E-state index < -0.39 is 0 Å². The van der Waals surface area contributed by atoms with E-state index in [9.17, 15) is 0 Å². The van der Waals surface area contributed by atoms with Crippen LogP contribution in [-0.4, -0.2) is 11.7 Å². The Kier molecular flexibility index (Phi) is 4.51. The minimum absolute atomic E-state index is 0.107. The van der Waals surface area contributed by atoms with Gasteiger partial charge in [-0.15, -0.1) is 0 Å². The van der Waals surface area contributed by atoms with E-state index in [0.717, 1.165) is 21.2 Å². The van der Waals surface area contributed by atoms with Crippen LogP contribution in [0.1, 0.15) is 30.5 Å². The van der Waals surface area contributed by atoms with E-state index in [2.05, 4.69) is 22.5 Å². The monoisotopic (exact) mass is 269 g/mol. The summed E-state index contributed by atoms with van der Waals surface area (Å²) in [7, 11) is 0. The van der Waals surface area contributed by atoms with Crippen molar-refractivity contribution < 1.29 is 5.11 Å². The van der Waals surface area contributed by atoms with Crippen LogP contribution < -0.4 is 5.73 Å². The molecule has 15 heavy (non-hydrogen) atoms. The Morgan fingerprint density at radius 3 is 2.73 bits per heavy atom. The lowest BCUT2D eigenvalue weighted by Crippen LogP contribution is -2.12. The molecule has 2 nitrogen and oxygen atoms in total. The van der Waals surface area contributed by atoms with Gasteiger partial charge < -0.3 is 10.8 Å². The highest BCUT2D eigenvalue weighted by molar-refractivity contribution is 9.10. The molecule has 1 atom stereocenters. The lowest BCUT2D eigenvalue weighted by molar-refractivity contribution is 0.276. The van der Waals surface area contributed by atoms with E-state index in [-0.39, 0.29) is 12.6 Å². The van der Waals surface area contributed by atoms with Crippen molar-refractivity contribution in [1.29, 1.82) is 0 Å². The summed E-state index contributed by atoms with van der Waals surface area (Å²) in [6.07, 6.45) is 0.575. The average Bonchev–Trinajstić information content (AvgIpc) is 2.17. The molecule has 0 saturated carbocycles. The number of aliphatic hydroxyl groups excluding tert-OH is 1. The minimum Gasteiger partial charge on any atom is -0.396 e. The van der Waals surface area contributed by atoms with Crippen LogP contribution >= 0.6 is 15.9 Å². The summed E-state index contributed by atoms with van der Waals surface area (Å²) in [5, 5.41) is 8.84. The molecule has 0 aliphatic rings. The normalized spacial score (nSPS) is 12.5. The number of benzene rings is 1. The minimum atomic E-state index is -0.120. The molecule has 0 aliphatic heterocycles. The quantitative estimate of drug-likeness (QED) is 0.883. The fraction of sp³-hybridized carbons (Fsp3) is 0.333. The molecule has 1 aromatic carbocycles. The average molecular weight is 270 g/mol. The molecule has 0 fully saturated rings. The molecule has 82 valence electrons. The Morgan fingerprint density at radius 2 is 2.20 bits per heavy atom. The molecular weight excluding hydrogens is 254 g/mol. The fourth-order valence-corrected chi connectivity index (χ4v) is 1.89. The van der Waals surface area contributed by atoms with Gasteiger partial charge in [-0.05, 0) is 42.7 Å². The van der Waals surface area contributed by atoms with Gasteiger partial charge in [0.25, 0.3) is 0 Å². The summed E-state index contributed by atoms with van der Waals surface area (Å²) in [5.41, 5.74) is 9.04. The molecule has 1 rings (SSSR count). The van der Waals surface area contributed by atoms with Crippen LogP contribution in [0.15, 0.2) is 29.3 Å². The predicted octanol–water partition coefficient (Wildman–Crippen LogP) is 2.86. The number of nitrogens with two attached hydrogens (primary N) is 1. The second-order valence-corrected chi connectivity index (χ2v) is 4.59. The van der Waals surface area contributed by atoms with Crippen LogP contribution in [0.25, 0.3) is 5.57 Å². The van der Waals surface area contributed by atoms with Gasteiger partial charge in [0.2, 0.25) is 0 Å². The van der Waals surface area contributed by atoms with Crippen molar-refractivity contribution in [2.24, 2.45) is 5.73 Å². The van der Waals surface area contributed by atoms with Gasteiger partial charge in [0.05, 0.1) is 0 Å². The fourth-order valence-electron chi connectivity index (χ4n) is 1.38. The van der Waals surface area contributed by atoms with E-state index in [4.69, 9.17) is 10.8 Å². The first kappa shape index (κ1) is 12.4.